The number of aromatic nitrogens is 3. The smallest absolute Gasteiger partial charge is 0.160 e. The van der Waals surface area contributed by atoms with Crippen LogP contribution >= 0.6 is 0 Å². The summed E-state index contributed by atoms with van der Waals surface area (Å²) in [6.45, 7) is 0. The van der Waals surface area contributed by atoms with Crippen LogP contribution in [0.1, 0.15) is 0 Å². The molecule has 0 spiro atoms. The first-order chi connectivity index (χ1) is 26.2. The third kappa shape index (κ3) is 5.63. The van der Waals surface area contributed by atoms with E-state index in [4.69, 9.17) is 14.4 Å². The molecule has 3 heterocycles. The molecular weight excluding hydrogens is 647 g/mol. The maximum absolute atomic E-state index is 6.57. The van der Waals surface area contributed by atoms with Gasteiger partial charge in [-0.3, -0.25) is 4.98 Å². The second-order valence-electron chi connectivity index (χ2n) is 13.3. The van der Waals surface area contributed by atoms with Gasteiger partial charge in [0.1, 0.15) is 11.2 Å². The number of fused-ring (bicyclic) bond motifs is 4. The Morgan fingerprint density at radius 3 is 1.96 bits per heavy atom. The second kappa shape index (κ2) is 12.9. The molecule has 0 aliphatic rings. The van der Waals surface area contributed by atoms with Crippen molar-refractivity contribution in [1.29, 1.82) is 0 Å². The van der Waals surface area contributed by atoms with E-state index in [0.29, 0.717) is 5.82 Å². The van der Waals surface area contributed by atoms with E-state index < -0.39 is 0 Å². The number of furan rings is 1. The zero-order valence-corrected chi connectivity index (χ0v) is 28.6. The number of para-hydroxylation sites is 2. The van der Waals surface area contributed by atoms with Crippen LogP contribution in [0.5, 0.6) is 0 Å². The molecule has 0 unspecified atom stereocenters. The normalized spacial score (nSPS) is 11.4. The van der Waals surface area contributed by atoms with E-state index in [1.165, 1.54) is 10.8 Å². The third-order valence-electron chi connectivity index (χ3n) is 9.96. The summed E-state index contributed by atoms with van der Waals surface area (Å²) in [7, 11) is 0. The average Bonchev–Trinajstić information content (AvgIpc) is 3.63. The van der Waals surface area contributed by atoms with Gasteiger partial charge in [-0.05, 0) is 75.5 Å². The molecule has 0 saturated carbocycles. The van der Waals surface area contributed by atoms with E-state index in [9.17, 15) is 0 Å². The molecular formula is C49H31N3O. The molecule has 0 fully saturated rings. The zero-order chi connectivity index (χ0) is 35.1. The zero-order valence-electron chi connectivity index (χ0n) is 28.6. The number of hydrogen-bond acceptors (Lipinski definition) is 4. The number of rotatable bonds is 6. The first-order valence-electron chi connectivity index (χ1n) is 17.7. The van der Waals surface area contributed by atoms with Gasteiger partial charge in [0.25, 0.3) is 0 Å². The standard InChI is InChI=1S/C49H31N3O/c1-2-13-33(14-3-1)49-51-45(30-46(52-49)42-18-7-6-17-40(42)36-16-11-25-50-31-36)39-28-37(35-24-23-32-12-4-5-15-34(32)26-35)27-38(29-39)41-20-10-21-44-43-19-8-9-22-47(43)53-48(41)44/h1-31H. The van der Waals surface area contributed by atoms with Crippen LogP contribution in [0, 0.1) is 0 Å². The van der Waals surface area contributed by atoms with Crippen LogP contribution in [0.3, 0.4) is 0 Å². The van der Waals surface area contributed by atoms with Crippen LogP contribution in [-0.2, 0) is 0 Å². The predicted octanol–water partition coefficient (Wildman–Crippen LogP) is 12.9. The molecule has 53 heavy (non-hydrogen) atoms. The summed E-state index contributed by atoms with van der Waals surface area (Å²) in [5, 5.41) is 4.60. The highest BCUT2D eigenvalue weighted by atomic mass is 16.3. The molecule has 0 N–H and O–H groups in total. The highest BCUT2D eigenvalue weighted by Gasteiger charge is 2.18. The Morgan fingerprint density at radius 2 is 1.08 bits per heavy atom. The third-order valence-corrected chi connectivity index (χ3v) is 9.96. The van der Waals surface area contributed by atoms with Gasteiger partial charge in [0.2, 0.25) is 0 Å². The van der Waals surface area contributed by atoms with Gasteiger partial charge in [0.05, 0.1) is 11.4 Å². The van der Waals surface area contributed by atoms with Crippen LogP contribution in [0.4, 0.5) is 0 Å². The summed E-state index contributed by atoms with van der Waals surface area (Å²) < 4.78 is 6.57. The van der Waals surface area contributed by atoms with Crippen LogP contribution in [0.15, 0.2) is 193 Å². The van der Waals surface area contributed by atoms with Gasteiger partial charge >= 0.3 is 0 Å². The molecule has 0 radical (unpaired) electrons. The minimum atomic E-state index is 0.663. The largest absolute Gasteiger partial charge is 0.455 e. The number of pyridine rings is 1. The van der Waals surface area contributed by atoms with Gasteiger partial charge in [-0.25, -0.2) is 9.97 Å². The Kier molecular flexibility index (Phi) is 7.43. The van der Waals surface area contributed by atoms with E-state index in [0.717, 1.165) is 83.4 Å². The van der Waals surface area contributed by atoms with E-state index in [1.54, 1.807) is 6.20 Å². The second-order valence-corrected chi connectivity index (χ2v) is 13.3. The van der Waals surface area contributed by atoms with Gasteiger partial charge in [-0.2, -0.15) is 0 Å². The van der Waals surface area contributed by atoms with Gasteiger partial charge in [-0.15, -0.1) is 0 Å². The summed E-state index contributed by atoms with van der Waals surface area (Å²) in [5.74, 6) is 0.663. The fourth-order valence-corrected chi connectivity index (χ4v) is 7.37. The average molecular weight is 678 g/mol. The van der Waals surface area contributed by atoms with E-state index >= 15 is 0 Å². The molecule has 0 saturated heterocycles. The molecule has 0 amide bonds. The van der Waals surface area contributed by atoms with Crippen molar-refractivity contribution >= 4 is 32.7 Å². The summed E-state index contributed by atoms with van der Waals surface area (Å²) in [6.07, 6.45) is 3.70. The van der Waals surface area contributed by atoms with Crippen molar-refractivity contribution in [2.24, 2.45) is 0 Å². The van der Waals surface area contributed by atoms with Gasteiger partial charge < -0.3 is 4.42 Å². The maximum atomic E-state index is 6.57. The maximum Gasteiger partial charge on any atom is 0.160 e. The van der Waals surface area contributed by atoms with Crippen molar-refractivity contribution in [3.8, 4) is 67.3 Å². The van der Waals surface area contributed by atoms with E-state index in [2.05, 4.69) is 145 Å². The van der Waals surface area contributed by atoms with Crippen LogP contribution in [0.25, 0.3) is 100.0 Å². The Labute approximate surface area is 306 Å². The topological polar surface area (TPSA) is 51.8 Å². The first-order valence-corrected chi connectivity index (χ1v) is 17.7. The first kappa shape index (κ1) is 30.6. The molecule has 4 nitrogen and oxygen atoms in total. The van der Waals surface area contributed by atoms with Crippen molar-refractivity contribution in [2.45, 2.75) is 0 Å². The molecule has 10 rings (SSSR count). The summed E-state index contributed by atoms with van der Waals surface area (Å²) in [4.78, 5) is 14.9. The lowest BCUT2D eigenvalue weighted by Crippen LogP contribution is -1.97. The van der Waals surface area contributed by atoms with Crippen molar-refractivity contribution < 1.29 is 4.42 Å². The lowest BCUT2D eigenvalue weighted by molar-refractivity contribution is 0.670. The molecule has 248 valence electrons. The molecule has 3 aromatic heterocycles. The minimum Gasteiger partial charge on any atom is -0.455 e. The fourth-order valence-electron chi connectivity index (χ4n) is 7.37. The van der Waals surface area contributed by atoms with Crippen molar-refractivity contribution in [3.63, 3.8) is 0 Å². The van der Waals surface area contributed by atoms with E-state index in [1.807, 2.05) is 42.6 Å². The molecule has 4 heteroatoms. The van der Waals surface area contributed by atoms with Gasteiger partial charge in [0.15, 0.2) is 5.82 Å². The molecule has 0 aliphatic carbocycles. The molecule has 0 atom stereocenters. The SMILES string of the molecule is c1ccc(-c2nc(-c3cc(-c4ccc5ccccc5c4)cc(-c4cccc5c4oc4ccccc45)c3)cc(-c3ccccc3-c3cccnc3)n2)cc1. The fraction of sp³-hybridized carbons (Fsp3) is 0. The lowest BCUT2D eigenvalue weighted by atomic mass is 9.92. The Balaban J connectivity index is 1.23. The molecule has 10 aromatic rings. The van der Waals surface area contributed by atoms with E-state index in [-0.39, 0.29) is 0 Å². The van der Waals surface area contributed by atoms with Crippen molar-refractivity contribution in [2.75, 3.05) is 0 Å². The molecule has 0 bridgehead atoms. The Morgan fingerprint density at radius 1 is 0.377 bits per heavy atom. The minimum absolute atomic E-state index is 0.663. The summed E-state index contributed by atoms with van der Waals surface area (Å²) >= 11 is 0. The number of hydrogen-bond donors (Lipinski definition) is 0. The Hall–Kier alpha value is -7.17. The summed E-state index contributed by atoms with van der Waals surface area (Å²) in [6, 6.07) is 61.3. The Bertz CT molecular complexity index is 2950. The molecule has 7 aromatic carbocycles. The van der Waals surface area contributed by atoms with Gasteiger partial charge in [0, 0.05) is 51.0 Å². The van der Waals surface area contributed by atoms with Crippen LogP contribution < -0.4 is 0 Å². The van der Waals surface area contributed by atoms with Gasteiger partial charge in [-0.1, -0.05) is 133 Å². The predicted molar refractivity (Wildman–Crippen MR) is 217 cm³/mol. The highest BCUT2D eigenvalue weighted by molar-refractivity contribution is 6.10. The van der Waals surface area contributed by atoms with Crippen molar-refractivity contribution in [3.05, 3.63) is 188 Å². The number of nitrogens with zero attached hydrogens (tertiary/aromatic N) is 3. The van der Waals surface area contributed by atoms with Crippen molar-refractivity contribution in [1.82, 2.24) is 15.0 Å². The van der Waals surface area contributed by atoms with Crippen LogP contribution in [0.2, 0.25) is 0 Å². The number of benzene rings is 7. The highest BCUT2D eigenvalue weighted by Crippen LogP contribution is 2.40. The lowest BCUT2D eigenvalue weighted by Gasteiger charge is -2.15. The summed E-state index contributed by atoms with van der Waals surface area (Å²) in [5.41, 5.74) is 12.8. The monoisotopic (exact) mass is 677 g/mol. The quantitative estimate of drug-likeness (QED) is 0.176. The van der Waals surface area contributed by atoms with Crippen LogP contribution in [-0.4, -0.2) is 15.0 Å². The molecule has 0 aliphatic heterocycles.